The molecule has 14 heavy (non-hydrogen) atoms. The Hall–Kier alpha value is -1.51. The zero-order valence-electron chi connectivity index (χ0n) is 8.21. The van der Waals surface area contributed by atoms with Crippen LogP contribution in [0.1, 0.15) is 40.2 Å². The van der Waals surface area contributed by atoms with Crippen molar-refractivity contribution in [1.82, 2.24) is 0 Å². The van der Waals surface area contributed by atoms with Gasteiger partial charge in [-0.2, -0.15) is 0 Å². The van der Waals surface area contributed by atoms with Crippen LogP contribution in [0.2, 0.25) is 0 Å². The molecule has 1 saturated carbocycles. The van der Waals surface area contributed by atoms with Crippen molar-refractivity contribution in [3.8, 4) is 0 Å². The zero-order chi connectivity index (χ0) is 10.3. The van der Waals surface area contributed by atoms with E-state index in [0.717, 1.165) is 11.1 Å². The third-order valence-electron chi connectivity index (χ3n) is 2.78. The largest absolute Gasteiger partial charge is 0.398 e. The highest BCUT2D eigenvalue weighted by Gasteiger charge is 2.25. The molecular weight excluding hydrogens is 176 g/mol. The van der Waals surface area contributed by atoms with E-state index in [2.05, 4.69) is 0 Å². The van der Waals surface area contributed by atoms with Gasteiger partial charge in [-0.05, 0) is 48.9 Å². The number of anilines is 1. The van der Waals surface area contributed by atoms with Gasteiger partial charge in [0.05, 0.1) is 0 Å². The number of rotatable bonds is 2. The number of hydrogen-bond acceptors (Lipinski definition) is 2. The Morgan fingerprint density at radius 1 is 1.43 bits per heavy atom. The Morgan fingerprint density at radius 3 is 2.57 bits per heavy atom. The molecule has 3 nitrogen and oxygen atoms in total. The van der Waals surface area contributed by atoms with Crippen molar-refractivity contribution < 1.29 is 4.79 Å². The molecular formula is C11H14N2O. The molecule has 0 bridgehead atoms. The third kappa shape index (κ3) is 1.45. The summed E-state index contributed by atoms with van der Waals surface area (Å²) in [5.41, 5.74) is 14.3. The highest BCUT2D eigenvalue weighted by atomic mass is 16.1. The Bertz CT molecular complexity index is 395. The number of carbonyl (C=O) groups is 1. The number of hydrogen-bond donors (Lipinski definition) is 2. The van der Waals surface area contributed by atoms with Crippen LogP contribution in [0.4, 0.5) is 5.69 Å². The summed E-state index contributed by atoms with van der Waals surface area (Å²) in [6.45, 7) is 1.83. The van der Waals surface area contributed by atoms with E-state index >= 15 is 0 Å². The lowest BCUT2D eigenvalue weighted by molar-refractivity contribution is 0.0999. The first-order valence-electron chi connectivity index (χ1n) is 4.79. The first-order chi connectivity index (χ1) is 6.59. The summed E-state index contributed by atoms with van der Waals surface area (Å²) in [6, 6.07) is 3.84. The molecule has 3 heteroatoms. The lowest BCUT2D eigenvalue weighted by Gasteiger charge is -2.08. The summed E-state index contributed by atoms with van der Waals surface area (Å²) >= 11 is 0. The molecule has 74 valence electrons. The Kier molecular flexibility index (Phi) is 1.95. The minimum Gasteiger partial charge on any atom is -0.398 e. The van der Waals surface area contributed by atoms with Crippen LogP contribution >= 0.6 is 0 Å². The molecule has 4 N–H and O–H groups in total. The minimum absolute atomic E-state index is 0.392. The smallest absolute Gasteiger partial charge is 0.249 e. The first-order valence-corrected chi connectivity index (χ1v) is 4.79. The van der Waals surface area contributed by atoms with E-state index in [1.54, 1.807) is 0 Å². The molecule has 0 aliphatic heterocycles. The van der Waals surface area contributed by atoms with Crippen molar-refractivity contribution in [2.24, 2.45) is 5.73 Å². The molecule has 0 spiro atoms. The number of benzene rings is 1. The summed E-state index contributed by atoms with van der Waals surface area (Å²) in [7, 11) is 0. The Labute approximate surface area is 83.1 Å². The van der Waals surface area contributed by atoms with E-state index in [-0.39, 0.29) is 0 Å². The summed E-state index contributed by atoms with van der Waals surface area (Å²) in [6.07, 6.45) is 2.39. The quantitative estimate of drug-likeness (QED) is 0.695. The lowest BCUT2D eigenvalue weighted by atomic mass is 10.00. The second kappa shape index (κ2) is 3.01. The average Bonchev–Trinajstić information content (AvgIpc) is 2.91. The van der Waals surface area contributed by atoms with E-state index < -0.39 is 5.91 Å². The van der Waals surface area contributed by atoms with Crippen LogP contribution in [-0.2, 0) is 0 Å². The van der Waals surface area contributed by atoms with Gasteiger partial charge in [0.15, 0.2) is 0 Å². The Morgan fingerprint density at radius 2 is 2.07 bits per heavy atom. The number of primary amides is 1. The highest BCUT2D eigenvalue weighted by molar-refractivity contribution is 5.96. The maximum atomic E-state index is 11.1. The monoisotopic (exact) mass is 190 g/mol. The molecule has 1 fully saturated rings. The number of carbonyl (C=O) groups excluding carboxylic acids is 1. The van der Waals surface area contributed by atoms with Crippen LogP contribution in [0.5, 0.6) is 0 Å². The van der Waals surface area contributed by atoms with Crippen LogP contribution in [0.3, 0.4) is 0 Å². The van der Waals surface area contributed by atoms with Crippen LogP contribution in [0.15, 0.2) is 12.1 Å². The van der Waals surface area contributed by atoms with Crippen LogP contribution < -0.4 is 11.5 Å². The molecule has 1 amide bonds. The van der Waals surface area contributed by atoms with Crippen LogP contribution in [0.25, 0.3) is 0 Å². The predicted octanol–water partition coefficient (Wildman–Crippen LogP) is 1.55. The summed E-state index contributed by atoms with van der Waals surface area (Å²) in [5, 5.41) is 0. The molecule has 0 unspecified atom stereocenters. The van der Waals surface area contributed by atoms with E-state index in [9.17, 15) is 4.79 Å². The number of amides is 1. The van der Waals surface area contributed by atoms with Gasteiger partial charge in [0.1, 0.15) is 0 Å². The highest BCUT2D eigenvalue weighted by Crippen LogP contribution is 2.41. The van der Waals surface area contributed by atoms with E-state index in [4.69, 9.17) is 11.5 Å². The predicted molar refractivity (Wildman–Crippen MR) is 56.1 cm³/mol. The second-order valence-corrected chi connectivity index (χ2v) is 3.92. The van der Waals surface area contributed by atoms with E-state index in [0.29, 0.717) is 17.2 Å². The van der Waals surface area contributed by atoms with E-state index in [1.807, 2.05) is 19.1 Å². The fourth-order valence-corrected chi connectivity index (χ4v) is 1.67. The van der Waals surface area contributed by atoms with Crippen molar-refractivity contribution in [2.45, 2.75) is 25.7 Å². The fourth-order valence-electron chi connectivity index (χ4n) is 1.67. The minimum atomic E-state index is -0.392. The summed E-state index contributed by atoms with van der Waals surface area (Å²) in [5.74, 6) is 0.202. The van der Waals surface area contributed by atoms with Gasteiger partial charge in [-0.15, -0.1) is 0 Å². The first kappa shape index (κ1) is 9.06. The average molecular weight is 190 g/mol. The maximum Gasteiger partial charge on any atom is 0.249 e. The normalized spacial score (nSPS) is 15.5. The molecule has 0 radical (unpaired) electrons. The van der Waals surface area contributed by atoms with Crippen molar-refractivity contribution in [2.75, 3.05) is 5.73 Å². The standard InChI is InChI=1S/C11H14N2O/c1-6-9(11(13)14)4-8(5-10(6)12)7-2-3-7/h4-5,7H,2-3,12H2,1H3,(H2,13,14). The second-order valence-electron chi connectivity index (χ2n) is 3.92. The van der Waals surface area contributed by atoms with Crippen molar-refractivity contribution in [3.63, 3.8) is 0 Å². The van der Waals surface area contributed by atoms with Gasteiger partial charge in [0.2, 0.25) is 5.91 Å². The van der Waals surface area contributed by atoms with Crippen molar-refractivity contribution in [3.05, 3.63) is 28.8 Å². The van der Waals surface area contributed by atoms with Crippen molar-refractivity contribution >= 4 is 11.6 Å². The number of nitrogens with two attached hydrogens (primary N) is 2. The van der Waals surface area contributed by atoms with Gasteiger partial charge in [-0.3, -0.25) is 4.79 Å². The van der Waals surface area contributed by atoms with E-state index in [1.165, 1.54) is 12.8 Å². The summed E-state index contributed by atoms with van der Waals surface area (Å²) in [4.78, 5) is 11.1. The topological polar surface area (TPSA) is 69.1 Å². The van der Waals surface area contributed by atoms with Crippen molar-refractivity contribution in [1.29, 1.82) is 0 Å². The number of nitrogen functional groups attached to an aromatic ring is 1. The molecule has 1 aromatic rings. The van der Waals surface area contributed by atoms with Gasteiger partial charge >= 0.3 is 0 Å². The molecule has 0 heterocycles. The molecule has 1 aliphatic carbocycles. The maximum absolute atomic E-state index is 11.1. The molecule has 0 aromatic heterocycles. The van der Waals surface area contributed by atoms with Gasteiger partial charge in [0.25, 0.3) is 0 Å². The molecule has 1 aliphatic rings. The van der Waals surface area contributed by atoms with Crippen LogP contribution in [-0.4, -0.2) is 5.91 Å². The van der Waals surface area contributed by atoms with Gasteiger partial charge in [0, 0.05) is 11.3 Å². The Balaban J connectivity index is 2.51. The van der Waals surface area contributed by atoms with Gasteiger partial charge in [-0.25, -0.2) is 0 Å². The van der Waals surface area contributed by atoms with Gasteiger partial charge in [-0.1, -0.05) is 0 Å². The molecule has 1 aromatic carbocycles. The molecule has 0 saturated heterocycles. The lowest BCUT2D eigenvalue weighted by Crippen LogP contribution is -2.14. The molecule has 0 atom stereocenters. The zero-order valence-corrected chi connectivity index (χ0v) is 8.21. The SMILES string of the molecule is Cc1c(N)cc(C2CC2)cc1C(N)=O. The summed E-state index contributed by atoms with van der Waals surface area (Å²) < 4.78 is 0. The molecule has 2 rings (SSSR count). The van der Waals surface area contributed by atoms with Gasteiger partial charge < -0.3 is 11.5 Å². The third-order valence-corrected chi connectivity index (χ3v) is 2.78. The van der Waals surface area contributed by atoms with Crippen LogP contribution in [0, 0.1) is 6.92 Å². The fraction of sp³-hybridized carbons (Fsp3) is 0.364.